The van der Waals surface area contributed by atoms with Gasteiger partial charge in [0.25, 0.3) is 0 Å². The van der Waals surface area contributed by atoms with Gasteiger partial charge < -0.3 is 10.1 Å². The number of rotatable bonds is 6. The first-order valence-electron chi connectivity index (χ1n) is 8.59. The van der Waals surface area contributed by atoms with Gasteiger partial charge >= 0.3 is 12.8 Å². The van der Waals surface area contributed by atoms with E-state index in [-0.39, 0.29) is 17.4 Å². The topological polar surface area (TPSA) is 56.2 Å². The van der Waals surface area contributed by atoms with E-state index in [2.05, 4.69) is 15.2 Å². The summed E-state index contributed by atoms with van der Waals surface area (Å²) in [6, 6.07) is 4.19. The van der Waals surface area contributed by atoms with E-state index in [1.54, 1.807) is 13.0 Å². The summed E-state index contributed by atoms with van der Waals surface area (Å²) in [6.07, 6.45) is -3.18. The number of hydrogen-bond donors (Lipinski definition) is 1. The Kier molecular flexibility index (Phi) is 5.31. The van der Waals surface area contributed by atoms with Crippen LogP contribution in [0.5, 0.6) is 5.75 Å². The third-order valence-corrected chi connectivity index (χ3v) is 4.41. The molecule has 1 saturated carbocycles. The summed E-state index contributed by atoms with van der Waals surface area (Å²) in [5.74, 6) is -0.993. The number of benzene rings is 1. The third kappa shape index (κ3) is 4.42. The molecule has 1 aliphatic carbocycles. The maximum atomic E-state index is 13.0. The molecule has 1 aromatic heterocycles. The van der Waals surface area contributed by atoms with Gasteiger partial charge in [0.2, 0.25) is 5.91 Å². The lowest BCUT2D eigenvalue weighted by Crippen LogP contribution is -2.26. The van der Waals surface area contributed by atoms with Gasteiger partial charge in [-0.25, -0.2) is 0 Å². The Morgan fingerprint density at radius 2 is 1.96 bits per heavy atom. The molecule has 152 valence electrons. The molecule has 10 heteroatoms. The number of alkyl halides is 5. The Labute approximate surface area is 157 Å². The monoisotopic (exact) mass is 403 g/mol. The first kappa shape index (κ1) is 20.1. The highest BCUT2D eigenvalue weighted by molar-refractivity contribution is 5.94. The lowest BCUT2D eigenvalue weighted by molar-refractivity contribution is -0.141. The quantitative estimate of drug-likeness (QED) is 0.699. The predicted molar refractivity (Wildman–Crippen MR) is 90.4 cm³/mol. The van der Waals surface area contributed by atoms with Gasteiger partial charge in [-0.2, -0.15) is 27.1 Å². The van der Waals surface area contributed by atoms with Crippen molar-refractivity contribution in [3.05, 3.63) is 41.2 Å². The standard InChI is InChI=1S/C18H18F5N3O2/c1-9-3-6-12(14(7-9)28-17(19)20)24-16(27)10(2)26-13(11-4-5-11)8-15(25-26)18(21,22)23/h3,6-8,10-11,17H,4-5H2,1-2H3,(H,24,27). The van der Waals surface area contributed by atoms with Crippen LogP contribution in [0.1, 0.15) is 48.7 Å². The van der Waals surface area contributed by atoms with Crippen molar-refractivity contribution in [2.24, 2.45) is 0 Å². The Morgan fingerprint density at radius 3 is 2.54 bits per heavy atom. The predicted octanol–water partition coefficient (Wildman–Crippen LogP) is 4.89. The number of halogens is 5. The van der Waals surface area contributed by atoms with Gasteiger partial charge in [-0.1, -0.05) is 6.07 Å². The van der Waals surface area contributed by atoms with E-state index in [0.717, 1.165) is 23.6 Å². The van der Waals surface area contributed by atoms with E-state index in [9.17, 15) is 26.7 Å². The molecule has 2 aromatic rings. The Balaban J connectivity index is 1.85. The zero-order chi connectivity index (χ0) is 20.6. The van der Waals surface area contributed by atoms with E-state index >= 15 is 0 Å². The van der Waals surface area contributed by atoms with Crippen molar-refractivity contribution in [1.82, 2.24) is 9.78 Å². The van der Waals surface area contributed by atoms with Crippen LogP contribution in [0, 0.1) is 6.92 Å². The molecule has 1 fully saturated rings. The third-order valence-electron chi connectivity index (χ3n) is 4.41. The number of carbonyl (C=O) groups is 1. The molecule has 1 N–H and O–H groups in total. The maximum Gasteiger partial charge on any atom is 0.435 e. The fraction of sp³-hybridized carbons (Fsp3) is 0.444. The number of nitrogens with zero attached hydrogens (tertiary/aromatic N) is 2. The number of aromatic nitrogens is 2. The number of ether oxygens (including phenoxy) is 1. The molecule has 1 aromatic carbocycles. The van der Waals surface area contributed by atoms with E-state index in [4.69, 9.17) is 0 Å². The van der Waals surface area contributed by atoms with Crippen molar-refractivity contribution >= 4 is 11.6 Å². The van der Waals surface area contributed by atoms with Crippen LogP contribution in [-0.2, 0) is 11.0 Å². The SMILES string of the molecule is Cc1ccc(NC(=O)C(C)n2nc(C(F)(F)F)cc2C2CC2)c(OC(F)F)c1. The Morgan fingerprint density at radius 1 is 1.29 bits per heavy atom. The van der Waals surface area contributed by atoms with Crippen LogP contribution in [0.4, 0.5) is 27.6 Å². The van der Waals surface area contributed by atoms with E-state index in [1.807, 2.05) is 0 Å². The molecule has 5 nitrogen and oxygen atoms in total. The second-order valence-corrected chi connectivity index (χ2v) is 6.71. The summed E-state index contributed by atoms with van der Waals surface area (Å²) >= 11 is 0. The Hall–Kier alpha value is -2.65. The molecule has 1 aliphatic rings. The van der Waals surface area contributed by atoms with Gasteiger partial charge in [0, 0.05) is 11.6 Å². The second kappa shape index (κ2) is 7.40. The van der Waals surface area contributed by atoms with Crippen molar-refractivity contribution in [3.8, 4) is 5.75 Å². The summed E-state index contributed by atoms with van der Waals surface area (Å²) in [5, 5.41) is 6.01. The second-order valence-electron chi connectivity index (χ2n) is 6.71. The van der Waals surface area contributed by atoms with Gasteiger partial charge in [-0.15, -0.1) is 0 Å². The maximum absolute atomic E-state index is 13.0. The van der Waals surface area contributed by atoms with Crippen LogP contribution in [0.2, 0.25) is 0 Å². The fourth-order valence-electron chi connectivity index (χ4n) is 2.82. The van der Waals surface area contributed by atoms with Crippen LogP contribution < -0.4 is 10.1 Å². The molecule has 1 heterocycles. The number of carbonyl (C=O) groups excluding carboxylic acids is 1. The van der Waals surface area contributed by atoms with Crippen molar-refractivity contribution in [2.45, 2.75) is 51.4 Å². The Bertz CT molecular complexity index is 875. The van der Waals surface area contributed by atoms with Gasteiger partial charge in [0.15, 0.2) is 5.69 Å². The minimum absolute atomic E-state index is 0.000997. The number of aryl methyl sites for hydroxylation is 1. The van der Waals surface area contributed by atoms with E-state index in [0.29, 0.717) is 11.3 Å². The lowest BCUT2D eigenvalue weighted by atomic mass is 10.2. The fourth-order valence-corrected chi connectivity index (χ4v) is 2.82. The highest BCUT2D eigenvalue weighted by atomic mass is 19.4. The molecule has 1 unspecified atom stereocenters. The number of anilines is 1. The molecule has 28 heavy (non-hydrogen) atoms. The van der Waals surface area contributed by atoms with Gasteiger partial charge in [0.05, 0.1) is 5.69 Å². The summed E-state index contributed by atoms with van der Waals surface area (Å²) in [5.41, 5.74) is -0.0902. The molecular formula is C18H18F5N3O2. The minimum atomic E-state index is -4.62. The summed E-state index contributed by atoms with van der Waals surface area (Å²) in [7, 11) is 0. The first-order chi connectivity index (χ1) is 13.1. The van der Waals surface area contributed by atoms with Crippen LogP contribution in [0.15, 0.2) is 24.3 Å². The molecule has 0 spiro atoms. The zero-order valence-electron chi connectivity index (χ0n) is 15.1. The van der Waals surface area contributed by atoms with Crippen molar-refractivity contribution in [1.29, 1.82) is 0 Å². The van der Waals surface area contributed by atoms with E-state index in [1.165, 1.54) is 19.1 Å². The average molecular weight is 403 g/mol. The van der Waals surface area contributed by atoms with Gasteiger partial charge in [-0.3, -0.25) is 9.48 Å². The summed E-state index contributed by atoms with van der Waals surface area (Å²) in [6.45, 7) is -0.0237. The molecule has 0 saturated heterocycles. The summed E-state index contributed by atoms with van der Waals surface area (Å²) < 4.78 is 69.7. The number of hydrogen-bond acceptors (Lipinski definition) is 3. The molecule has 0 radical (unpaired) electrons. The highest BCUT2D eigenvalue weighted by Gasteiger charge is 2.39. The molecule has 0 aliphatic heterocycles. The zero-order valence-corrected chi connectivity index (χ0v) is 15.1. The highest BCUT2D eigenvalue weighted by Crippen LogP contribution is 2.43. The molecule has 1 atom stereocenters. The van der Waals surface area contributed by atoms with Crippen molar-refractivity contribution in [3.63, 3.8) is 0 Å². The average Bonchev–Trinajstić information content (AvgIpc) is 3.33. The van der Waals surface area contributed by atoms with Gasteiger partial charge in [0.1, 0.15) is 11.8 Å². The smallest absolute Gasteiger partial charge is 0.433 e. The molecule has 1 amide bonds. The van der Waals surface area contributed by atoms with Crippen molar-refractivity contribution < 1.29 is 31.5 Å². The molecule has 0 bridgehead atoms. The normalized spacial score (nSPS) is 15.6. The van der Waals surface area contributed by atoms with E-state index < -0.39 is 30.4 Å². The van der Waals surface area contributed by atoms with Crippen LogP contribution in [0.3, 0.4) is 0 Å². The first-order valence-corrected chi connectivity index (χ1v) is 8.59. The molecular weight excluding hydrogens is 385 g/mol. The largest absolute Gasteiger partial charge is 0.435 e. The summed E-state index contributed by atoms with van der Waals surface area (Å²) in [4.78, 5) is 12.6. The van der Waals surface area contributed by atoms with Crippen molar-refractivity contribution in [2.75, 3.05) is 5.32 Å². The van der Waals surface area contributed by atoms with Crippen LogP contribution >= 0.6 is 0 Å². The van der Waals surface area contributed by atoms with Gasteiger partial charge in [-0.05, 0) is 50.5 Å². The number of nitrogens with one attached hydrogen (secondary N) is 1. The number of amides is 1. The van der Waals surface area contributed by atoms with Crippen LogP contribution in [-0.4, -0.2) is 22.3 Å². The lowest BCUT2D eigenvalue weighted by Gasteiger charge is -2.18. The van der Waals surface area contributed by atoms with Crippen LogP contribution in [0.25, 0.3) is 0 Å². The minimum Gasteiger partial charge on any atom is -0.433 e. The molecule has 3 rings (SSSR count).